The minimum Gasteiger partial charge on any atom is -0.379 e. The minimum absolute atomic E-state index is 0.256. The number of hydrogen-bond donors (Lipinski definition) is 1. The zero-order valence-corrected chi connectivity index (χ0v) is 10.6. The van der Waals surface area contributed by atoms with Gasteiger partial charge in [0.1, 0.15) is 11.8 Å². The van der Waals surface area contributed by atoms with Crippen LogP contribution in [0.15, 0.2) is 12.7 Å². The molecule has 0 aromatic carbocycles. The summed E-state index contributed by atoms with van der Waals surface area (Å²) in [4.78, 5) is 18.0. The molecule has 2 aromatic heterocycles. The number of piperidine rings is 1. The van der Waals surface area contributed by atoms with E-state index in [-0.39, 0.29) is 6.10 Å². The number of aromatic amines is 1. The van der Waals surface area contributed by atoms with Crippen LogP contribution >= 0.6 is 0 Å². The summed E-state index contributed by atoms with van der Waals surface area (Å²) < 4.78 is 5.54. The van der Waals surface area contributed by atoms with Gasteiger partial charge in [-0.1, -0.05) is 6.92 Å². The van der Waals surface area contributed by atoms with E-state index >= 15 is 0 Å². The van der Waals surface area contributed by atoms with Gasteiger partial charge in [0, 0.05) is 20.2 Å². The van der Waals surface area contributed by atoms with Crippen molar-refractivity contribution in [2.75, 3.05) is 25.1 Å². The molecule has 2 atom stereocenters. The standard InChI is InChI=1S/C12H17N5O/c1-8-3-4-17(5-9(8)18-2)12-10-11(14-6-13-10)15-7-16-12/h6-9H,3-5H2,1-2H3,(H,13,14,15,16). The lowest BCUT2D eigenvalue weighted by Crippen LogP contribution is -2.44. The Bertz CT molecular complexity index is 540. The average Bonchev–Trinajstić information content (AvgIpc) is 2.87. The maximum atomic E-state index is 5.54. The van der Waals surface area contributed by atoms with Crippen LogP contribution in [0.2, 0.25) is 0 Å². The van der Waals surface area contributed by atoms with Crippen molar-refractivity contribution >= 4 is 17.0 Å². The highest BCUT2D eigenvalue weighted by Gasteiger charge is 2.27. The summed E-state index contributed by atoms with van der Waals surface area (Å²) in [7, 11) is 1.77. The van der Waals surface area contributed by atoms with Crippen LogP contribution in [0.5, 0.6) is 0 Å². The summed E-state index contributed by atoms with van der Waals surface area (Å²) in [5, 5.41) is 0. The Hall–Kier alpha value is -1.69. The fourth-order valence-electron chi connectivity index (χ4n) is 2.53. The topological polar surface area (TPSA) is 66.9 Å². The third kappa shape index (κ3) is 1.82. The summed E-state index contributed by atoms with van der Waals surface area (Å²) in [5.41, 5.74) is 1.62. The molecule has 0 aliphatic carbocycles. The molecular formula is C12H17N5O. The lowest BCUT2D eigenvalue weighted by atomic mass is 9.96. The van der Waals surface area contributed by atoms with Crippen LogP contribution in [0.4, 0.5) is 5.82 Å². The van der Waals surface area contributed by atoms with Crippen LogP contribution in [-0.2, 0) is 4.74 Å². The number of H-pyrrole nitrogens is 1. The molecule has 3 rings (SSSR count). The van der Waals surface area contributed by atoms with Crippen molar-refractivity contribution in [3.63, 3.8) is 0 Å². The Balaban J connectivity index is 1.93. The van der Waals surface area contributed by atoms with Gasteiger partial charge in [-0.25, -0.2) is 15.0 Å². The number of fused-ring (bicyclic) bond motifs is 1. The molecule has 3 heterocycles. The minimum atomic E-state index is 0.256. The smallest absolute Gasteiger partial charge is 0.182 e. The van der Waals surface area contributed by atoms with E-state index in [0.717, 1.165) is 30.8 Å². The number of ether oxygens (including phenoxy) is 1. The highest BCUT2D eigenvalue weighted by atomic mass is 16.5. The number of methoxy groups -OCH3 is 1. The molecule has 0 bridgehead atoms. The SMILES string of the molecule is COC1CN(c2ncnc3nc[nH]c23)CCC1C. The van der Waals surface area contributed by atoms with Gasteiger partial charge in [-0.2, -0.15) is 0 Å². The van der Waals surface area contributed by atoms with Gasteiger partial charge in [-0.05, 0) is 12.3 Å². The number of rotatable bonds is 2. The predicted octanol–water partition coefficient (Wildman–Crippen LogP) is 1.21. The number of nitrogens with zero attached hydrogens (tertiary/aromatic N) is 4. The summed E-state index contributed by atoms with van der Waals surface area (Å²) in [6.45, 7) is 4.09. The predicted molar refractivity (Wildman–Crippen MR) is 68.5 cm³/mol. The van der Waals surface area contributed by atoms with E-state index in [1.165, 1.54) is 0 Å². The summed E-state index contributed by atoms with van der Waals surface area (Å²) in [6.07, 6.45) is 4.59. The molecular weight excluding hydrogens is 230 g/mol. The van der Waals surface area contributed by atoms with Crippen LogP contribution in [0.3, 0.4) is 0 Å². The number of anilines is 1. The Morgan fingerprint density at radius 2 is 2.28 bits per heavy atom. The molecule has 2 unspecified atom stereocenters. The van der Waals surface area contributed by atoms with Crippen molar-refractivity contribution in [1.82, 2.24) is 19.9 Å². The first-order valence-electron chi connectivity index (χ1n) is 6.21. The van der Waals surface area contributed by atoms with Gasteiger partial charge in [-0.3, -0.25) is 0 Å². The number of aromatic nitrogens is 4. The molecule has 96 valence electrons. The van der Waals surface area contributed by atoms with Crippen molar-refractivity contribution in [1.29, 1.82) is 0 Å². The summed E-state index contributed by atoms with van der Waals surface area (Å²) in [6, 6.07) is 0. The van der Waals surface area contributed by atoms with Gasteiger partial charge in [-0.15, -0.1) is 0 Å². The lowest BCUT2D eigenvalue weighted by molar-refractivity contribution is 0.0497. The lowest BCUT2D eigenvalue weighted by Gasteiger charge is -2.36. The molecule has 0 amide bonds. The first-order valence-corrected chi connectivity index (χ1v) is 6.21. The van der Waals surface area contributed by atoms with Gasteiger partial charge >= 0.3 is 0 Å². The van der Waals surface area contributed by atoms with Crippen LogP contribution in [0, 0.1) is 5.92 Å². The number of hydrogen-bond acceptors (Lipinski definition) is 5. The van der Waals surface area contributed by atoms with Crippen molar-refractivity contribution in [3.05, 3.63) is 12.7 Å². The van der Waals surface area contributed by atoms with Crippen LogP contribution < -0.4 is 4.90 Å². The largest absolute Gasteiger partial charge is 0.379 e. The van der Waals surface area contributed by atoms with E-state index in [2.05, 4.69) is 31.8 Å². The fourth-order valence-corrected chi connectivity index (χ4v) is 2.53. The van der Waals surface area contributed by atoms with Crippen LogP contribution in [0.25, 0.3) is 11.2 Å². The van der Waals surface area contributed by atoms with Gasteiger partial charge in [0.05, 0.1) is 12.4 Å². The van der Waals surface area contributed by atoms with Crippen molar-refractivity contribution in [3.8, 4) is 0 Å². The Morgan fingerprint density at radius 1 is 1.39 bits per heavy atom. The van der Waals surface area contributed by atoms with E-state index in [4.69, 9.17) is 4.74 Å². The third-order valence-electron chi connectivity index (χ3n) is 3.69. The highest BCUT2D eigenvalue weighted by Crippen LogP contribution is 2.26. The first kappa shape index (κ1) is 11.4. The Labute approximate surface area is 105 Å². The molecule has 1 saturated heterocycles. The fraction of sp³-hybridized carbons (Fsp3) is 0.583. The van der Waals surface area contributed by atoms with Crippen LogP contribution in [-0.4, -0.2) is 46.2 Å². The van der Waals surface area contributed by atoms with Crippen molar-refractivity contribution in [2.24, 2.45) is 5.92 Å². The van der Waals surface area contributed by atoms with Gasteiger partial charge < -0.3 is 14.6 Å². The highest BCUT2D eigenvalue weighted by molar-refractivity contribution is 5.82. The maximum Gasteiger partial charge on any atom is 0.182 e. The van der Waals surface area contributed by atoms with E-state index in [9.17, 15) is 0 Å². The number of nitrogens with one attached hydrogen (secondary N) is 1. The second-order valence-corrected chi connectivity index (χ2v) is 4.78. The van der Waals surface area contributed by atoms with Gasteiger partial charge in [0.15, 0.2) is 11.5 Å². The first-order chi connectivity index (χ1) is 8.79. The normalized spacial score (nSPS) is 24.7. The number of imidazole rings is 1. The Kier molecular flexibility index (Phi) is 2.87. The van der Waals surface area contributed by atoms with E-state index in [0.29, 0.717) is 11.6 Å². The second-order valence-electron chi connectivity index (χ2n) is 4.78. The quantitative estimate of drug-likeness (QED) is 0.864. The summed E-state index contributed by atoms with van der Waals surface area (Å²) >= 11 is 0. The molecule has 6 heteroatoms. The zero-order valence-electron chi connectivity index (χ0n) is 10.6. The maximum absolute atomic E-state index is 5.54. The molecule has 0 spiro atoms. The molecule has 1 aliphatic rings. The summed E-state index contributed by atoms with van der Waals surface area (Å²) in [5.74, 6) is 1.51. The molecule has 0 saturated carbocycles. The monoisotopic (exact) mass is 247 g/mol. The van der Waals surface area contributed by atoms with E-state index in [1.807, 2.05) is 0 Å². The second kappa shape index (κ2) is 4.53. The molecule has 0 radical (unpaired) electrons. The Morgan fingerprint density at radius 3 is 3.11 bits per heavy atom. The molecule has 2 aromatic rings. The zero-order chi connectivity index (χ0) is 12.5. The van der Waals surface area contributed by atoms with Gasteiger partial charge in [0.2, 0.25) is 0 Å². The van der Waals surface area contributed by atoms with E-state index < -0.39 is 0 Å². The molecule has 1 N–H and O–H groups in total. The van der Waals surface area contributed by atoms with Crippen molar-refractivity contribution in [2.45, 2.75) is 19.4 Å². The molecule has 1 fully saturated rings. The van der Waals surface area contributed by atoms with Crippen LogP contribution in [0.1, 0.15) is 13.3 Å². The van der Waals surface area contributed by atoms with E-state index in [1.54, 1.807) is 19.8 Å². The molecule has 6 nitrogen and oxygen atoms in total. The van der Waals surface area contributed by atoms with Gasteiger partial charge in [0.25, 0.3) is 0 Å². The van der Waals surface area contributed by atoms with Crippen molar-refractivity contribution < 1.29 is 4.74 Å². The molecule has 18 heavy (non-hydrogen) atoms. The third-order valence-corrected chi connectivity index (χ3v) is 3.69. The average molecular weight is 247 g/mol. The molecule has 1 aliphatic heterocycles.